The second-order valence-electron chi connectivity index (χ2n) is 4.44. The lowest BCUT2D eigenvalue weighted by molar-refractivity contribution is 0.368. The third-order valence-corrected chi connectivity index (χ3v) is 3.40. The van der Waals surface area contributed by atoms with Crippen molar-refractivity contribution in [3.63, 3.8) is 0 Å². The van der Waals surface area contributed by atoms with Crippen LogP contribution in [0.3, 0.4) is 0 Å². The molecule has 5 nitrogen and oxygen atoms in total. The van der Waals surface area contributed by atoms with E-state index in [0.717, 1.165) is 28.8 Å². The average Bonchev–Trinajstić information content (AvgIpc) is 2.94. The summed E-state index contributed by atoms with van der Waals surface area (Å²) in [5, 5.41) is 4.35. The van der Waals surface area contributed by atoms with Crippen LogP contribution in [0.2, 0.25) is 0 Å². The number of hydrogen-bond acceptors (Lipinski definition) is 4. The molecule has 0 aliphatic heterocycles. The topological polar surface area (TPSA) is 60.2 Å². The number of halogens is 1. The number of furan rings is 1. The van der Waals surface area contributed by atoms with Gasteiger partial charge in [0.15, 0.2) is 0 Å². The van der Waals surface area contributed by atoms with Crippen LogP contribution in [0.25, 0.3) is 0 Å². The smallest absolute Gasteiger partial charge is 0.0954 e. The number of likely N-dealkylation sites (N-methyl/N-ethyl adjacent to an activating group) is 1. The van der Waals surface area contributed by atoms with Crippen LogP contribution in [-0.4, -0.2) is 35.3 Å². The average molecular weight is 313 g/mol. The van der Waals surface area contributed by atoms with E-state index in [1.807, 2.05) is 24.8 Å². The van der Waals surface area contributed by atoms with Crippen molar-refractivity contribution in [3.8, 4) is 0 Å². The fraction of sp³-hybridized carbons (Fsp3) is 0.417. The predicted molar refractivity (Wildman–Crippen MR) is 73.2 cm³/mol. The number of nitrogens with two attached hydrogens (primary N) is 1. The Bertz CT molecular complexity index is 492. The monoisotopic (exact) mass is 312 g/mol. The molecule has 0 saturated heterocycles. The highest BCUT2D eigenvalue weighted by Crippen LogP contribution is 2.26. The van der Waals surface area contributed by atoms with Gasteiger partial charge in [0.2, 0.25) is 0 Å². The van der Waals surface area contributed by atoms with Crippen molar-refractivity contribution in [1.29, 1.82) is 0 Å². The molecule has 0 spiro atoms. The fourth-order valence-corrected chi connectivity index (χ4v) is 2.31. The van der Waals surface area contributed by atoms with Gasteiger partial charge in [-0.25, -0.2) is 0 Å². The molecule has 18 heavy (non-hydrogen) atoms. The Morgan fingerprint density at radius 3 is 2.94 bits per heavy atom. The van der Waals surface area contributed by atoms with Gasteiger partial charge in [-0.3, -0.25) is 4.68 Å². The molecule has 1 atom stereocenters. The molecule has 0 amide bonds. The van der Waals surface area contributed by atoms with E-state index in [1.54, 1.807) is 18.7 Å². The van der Waals surface area contributed by atoms with E-state index in [2.05, 4.69) is 25.9 Å². The Kier molecular flexibility index (Phi) is 4.21. The van der Waals surface area contributed by atoms with Gasteiger partial charge in [-0.15, -0.1) is 0 Å². The first-order valence-electron chi connectivity index (χ1n) is 5.73. The SMILES string of the molecule is CN(C)CCn1ncc(Br)c1C(N)c1ccoc1. The van der Waals surface area contributed by atoms with E-state index in [0.29, 0.717) is 0 Å². The van der Waals surface area contributed by atoms with Gasteiger partial charge in [-0.05, 0) is 36.1 Å². The number of hydrogen-bond donors (Lipinski definition) is 1. The van der Waals surface area contributed by atoms with E-state index in [9.17, 15) is 0 Å². The van der Waals surface area contributed by atoms with Gasteiger partial charge >= 0.3 is 0 Å². The molecule has 2 heterocycles. The van der Waals surface area contributed by atoms with Crippen LogP contribution >= 0.6 is 15.9 Å². The molecule has 2 rings (SSSR count). The lowest BCUT2D eigenvalue weighted by atomic mass is 10.1. The molecule has 0 fully saturated rings. The van der Waals surface area contributed by atoms with E-state index in [-0.39, 0.29) is 6.04 Å². The Balaban J connectivity index is 2.23. The van der Waals surface area contributed by atoms with Crippen LogP contribution in [0.4, 0.5) is 0 Å². The molecule has 0 aliphatic carbocycles. The van der Waals surface area contributed by atoms with Gasteiger partial charge in [-0.1, -0.05) is 0 Å². The molecule has 6 heteroatoms. The van der Waals surface area contributed by atoms with Crippen molar-refractivity contribution in [2.45, 2.75) is 12.6 Å². The predicted octanol–water partition coefficient (Wildman–Crippen LogP) is 1.85. The van der Waals surface area contributed by atoms with Crippen molar-refractivity contribution in [1.82, 2.24) is 14.7 Å². The maximum Gasteiger partial charge on any atom is 0.0954 e. The summed E-state index contributed by atoms with van der Waals surface area (Å²) in [6.07, 6.45) is 5.08. The largest absolute Gasteiger partial charge is 0.472 e. The summed E-state index contributed by atoms with van der Waals surface area (Å²) in [5.74, 6) is 0. The molecule has 2 N–H and O–H groups in total. The van der Waals surface area contributed by atoms with Crippen LogP contribution in [0.5, 0.6) is 0 Å². The Hall–Kier alpha value is -1.11. The third-order valence-electron chi connectivity index (χ3n) is 2.79. The van der Waals surface area contributed by atoms with Crippen molar-refractivity contribution in [2.24, 2.45) is 5.73 Å². The summed E-state index contributed by atoms with van der Waals surface area (Å²) in [6, 6.07) is 1.64. The van der Waals surface area contributed by atoms with Crippen molar-refractivity contribution in [2.75, 3.05) is 20.6 Å². The lowest BCUT2D eigenvalue weighted by Crippen LogP contribution is -2.23. The summed E-state index contributed by atoms with van der Waals surface area (Å²) in [5.41, 5.74) is 8.17. The minimum atomic E-state index is -0.234. The molecule has 0 radical (unpaired) electrons. The Morgan fingerprint density at radius 2 is 2.33 bits per heavy atom. The van der Waals surface area contributed by atoms with Crippen LogP contribution in [0.15, 0.2) is 33.7 Å². The zero-order valence-electron chi connectivity index (χ0n) is 10.5. The molecule has 0 aromatic carbocycles. The maximum absolute atomic E-state index is 6.25. The van der Waals surface area contributed by atoms with Crippen molar-refractivity contribution in [3.05, 3.63) is 40.5 Å². The third kappa shape index (κ3) is 2.82. The van der Waals surface area contributed by atoms with E-state index >= 15 is 0 Å². The molecule has 0 aliphatic rings. The van der Waals surface area contributed by atoms with Crippen LogP contribution in [0, 0.1) is 0 Å². The maximum atomic E-state index is 6.25. The zero-order valence-corrected chi connectivity index (χ0v) is 12.1. The number of nitrogens with zero attached hydrogens (tertiary/aromatic N) is 3. The first-order valence-corrected chi connectivity index (χ1v) is 6.52. The van der Waals surface area contributed by atoms with Crippen LogP contribution in [-0.2, 0) is 6.54 Å². The standard InChI is InChI=1S/C12H17BrN4O/c1-16(2)4-5-17-12(10(13)7-15-17)11(14)9-3-6-18-8-9/h3,6-8,11H,4-5,14H2,1-2H3. The summed E-state index contributed by atoms with van der Waals surface area (Å²) in [7, 11) is 4.07. The highest BCUT2D eigenvalue weighted by Gasteiger charge is 2.19. The minimum absolute atomic E-state index is 0.234. The minimum Gasteiger partial charge on any atom is -0.472 e. The quantitative estimate of drug-likeness (QED) is 0.915. The van der Waals surface area contributed by atoms with Gasteiger partial charge in [-0.2, -0.15) is 5.10 Å². The number of rotatable bonds is 5. The summed E-state index contributed by atoms with van der Waals surface area (Å²) in [6.45, 7) is 1.72. The fourth-order valence-electron chi connectivity index (χ4n) is 1.76. The first kappa shape index (κ1) is 13.3. The first-order chi connectivity index (χ1) is 8.59. The van der Waals surface area contributed by atoms with Crippen LogP contribution in [0.1, 0.15) is 17.3 Å². The van der Waals surface area contributed by atoms with E-state index in [4.69, 9.17) is 10.2 Å². The van der Waals surface area contributed by atoms with E-state index < -0.39 is 0 Å². The molecule has 0 bridgehead atoms. The molecular formula is C12H17BrN4O. The van der Waals surface area contributed by atoms with Crippen molar-refractivity contribution < 1.29 is 4.42 Å². The Labute approximate surface area is 115 Å². The van der Waals surface area contributed by atoms with E-state index in [1.165, 1.54) is 0 Å². The van der Waals surface area contributed by atoms with Gasteiger partial charge in [0.1, 0.15) is 0 Å². The second-order valence-corrected chi connectivity index (χ2v) is 5.29. The lowest BCUT2D eigenvalue weighted by Gasteiger charge is -2.15. The summed E-state index contributed by atoms with van der Waals surface area (Å²) >= 11 is 3.50. The second kappa shape index (κ2) is 5.69. The van der Waals surface area contributed by atoms with Gasteiger partial charge < -0.3 is 15.1 Å². The zero-order chi connectivity index (χ0) is 13.1. The molecule has 1 unspecified atom stereocenters. The highest BCUT2D eigenvalue weighted by atomic mass is 79.9. The molecule has 98 valence electrons. The van der Waals surface area contributed by atoms with Gasteiger partial charge in [0, 0.05) is 12.1 Å². The Morgan fingerprint density at radius 1 is 1.56 bits per heavy atom. The molecule has 2 aromatic heterocycles. The van der Waals surface area contributed by atoms with Crippen LogP contribution < -0.4 is 5.73 Å². The molecular weight excluding hydrogens is 296 g/mol. The normalized spacial score (nSPS) is 13.2. The highest BCUT2D eigenvalue weighted by molar-refractivity contribution is 9.10. The van der Waals surface area contributed by atoms with Gasteiger partial charge in [0.05, 0.1) is 41.5 Å². The summed E-state index contributed by atoms with van der Waals surface area (Å²) in [4.78, 5) is 2.11. The van der Waals surface area contributed by atoms with Gasteiger partial charge in [0.25, 0.3) is 0 Å². The molecule has 0 saturated carbocycles. The molecule has 2 aromatic rings. The van der Waals surface area contributed by atoms with Crippen molar-refractivity contribution >= 4 is 15.9 Å². The summed E-state index contributed by atoms with van der Waals surface area (Å²) < 4.78 is 7.94. The number of aromatic nitrogens is 2.